The van der Waals surface area contributed by atoms with Gasteiger partial charge in [-0.1, -0.05) is 0 Å². The molecule has 3 amide bonds. The van der Waals surface area contributed by atoms with Crippen LogP contribution in [0.1, 0.15) is 25.0 Å². The molecule has 0 spiro atoms. The Hall–Kier alpha value is -3.60. The van der Waals surface area contributed by atoms with Gasteiger partial charge in [0.1, 0.15) is 11.4 Å². The van der Waals surface area contributed by atoms with Crippen LogP contribution < -0.4 is 10.2 Å². The van der Waals surface area contributed by atoms with Crippen LogP contribution in [-0.4, -0.2) is 37.9 Å². The number of urea groups is 1. The molecule has 1 fully saturated rings. The molecule has 1 aliphatic rings. The minimum absolute atomic E-state index is 0.0304. The van der Waals surface area contributed by atoms with E-state index in [1.54, 1.807) is 44.6 Å². The Bertz CT molecular complexity index is 1260. The van der Waals surface area contributed by atoms with Gasteiger partial charge >= 0.3 is 11.5 Å². The average Bonchev–Trinajstić information content (AvgIpc) is 2.95. The number of pyridine rings is 2. The second kappa shape index (κ2) is 9.21. The Morgan fingerprint density at radius 1 is 1.06 bits per heavy atom. The molecule has 1 aliphatic heterocycles. The number of imide groups is 1. The number of hydrogen-bond acceptors (Lipinski definition) is 6. The van der Waals surface area contributed by atoms with Crippen molar-refractivity contribution in [2.45, 2.75) is 43.3 Å². The van der Waals surface area contributed by atoms with Gasteiger partial charge in [0.15, 0.2) is 0 Å². The standard InChI is InChI=1S/C24H22F3N5O2S/c1-15-8-10-28-13-19(15)30-20-12-16(9-11-29-20)14-31-22(34)32(21(33)23(31,2)3)17-4-6-18(7-5-17)35-24(25,26)27/h4-13H,14H2,1-3H3,(H,29,30). The second-order valence-electron chi connectivity index (χ2n) is 8.47. The van der Waals surface area contributed by atoms with Crippen molar-refractivity contribution in [1.29, 1.82) is 0 Å². The SMILES string of the molecule is Cc1ccncc1Nc1cc(CN2C(=O)N(c3ccc(SC(F)(F)F)cc3)C(=O)C2(C)C)ccn1. The second-order valence-corrected chi connectivity index (χ2v) is 9.61. The van der Waals surface area contributed by atoms with Crippen LogP contribution in [0, 0.1) is 6.92 Å². The smallest absolute Gasteiger partial charge is 0.339 e. The normalized spacial score (nSPS) is 15.6. The number of anilines is 3. The van der Waals surface area contributed by atoms with E-state index in [0.717, 1.165) is 21.7 Å². The molecule has 4 rings (SSSR count). The van der Waals surface area contributed by atoms with E-state index in [1.807, 2.05) is 13.0 Å². The molecular weight excluding hydrogens is 479 g/mol. The summed E-state index contributed by atoms with van der Waals surface area (Å²) >= 11 is -0.256. The molecule has 0 bridgehead atoms. The number of nitrogens with zero attached hydrogens (tertiary/aromatic N) is 4. The first-order valence-electron chi connectivity index (χ1n) is 10.6. The van der Waals surface area contributed by atoms with Crippen LogP contribution in [0.3, 0.4) is 0 Å². The summed E-state index contributed by atoms with van der Waals surface area (Å²) in [7, 11) is 0. The molecule has 1 saturated heterocycles. The quantitative estimate of drug-likeness (QED) is 0.335. The van der Waals surface area contributed by atoms with E-state index in [0.29, 0.717) is 5.82 Å². The van der Waals surface area contributed by atoms with Crippen LogP contribution in [0.4, 0.5) is 35.2 Å². The van der Waals surface area contributed by atoms with Gasteiger partial charge in [-0.3, -0.25) is 9.78 Å². The van der Waals surface area contributed by atoms with E-state index in [2.05, 4.69) is 15.3 Å². The zero-order chi connectivity index (χ0) is 25.4. The van der Waals surface area contributed by atoms with Crippen LogP contribution >= 0.6 is 11.8 Å². The van der Waals surface area contributed by atoms with Gasteiger partial charge in [0.2, 0.25) is 0 Å². The van der Waals surface area contributed by atoms with Crippen molar-refractivity contribution in [2.24, 2.45) is 0 Å². The zero-order valence-corrected chi connectivity index (χ0v) is 19.9. The van der Waals surface area contributed by atoms with Crippen LogP contribution in [0.2, 0.25) is 0 Å². The first kappa shape index (κ1) is 24.5. The lowest BCUT2D eigenvalue weighted by atomic mass is 10.0. The number of amides is 3. The Balaban J connectivity index is 1.54. The first-order chi connectivity index (χ1) is 16.5. The lowest BCUT2D eigenvalue weighted by Gasteiger charge is -2.27. The highest BCUT2D eigenvalue weighted by atomic mass is 32.2. The number of hydrogen-bond donors (Lipinski definition) is 1. The molecule has 3 aromatic rings. The van der Waals surface area contributed by atoms with Gasteiger partial charge in [-0.05, 0) is 86.1 Å². The van der Waals surface area contributed by atoms with Crippen LogP contribution in [-0.2, 0) is 11.3 Å². The highest BCUT2D eigenvalue weighted by Gasteiger charge is 2.51. The van der Waals surface area contributed by atoms with Gasteiger partial charge in [0.25, 0.3) is 5.91 Å². The summed E-state index contributed by atoms with van der Waals surface area (Å²) in [5.74, 6) is 0.0982. The van der Waals surface area contributed by atoms with Crippen LogP contribution in [0.15, 0.2) is 66.0 Å². The van der Waals surface area contributed by atoms with Gasteiger partial charge < -0.3 is 10.2 Å². The fourth-order valence-electron chi connectivity index (χ4n) is 3.68. The molecule has 0 atom stereocenters. The Kier molecular flexibility index (Phi) is 6.46. The number of halogens is 3. The minimum Gasteiger partial charge on any atom is -0.339 e. The molecule has 1 N–H and O–H groups in total. The Morgan fingerprint density at radius 3 is 2.43 bits per heavy atom. The van der Waals surface area contributed by atoms with E-state index in [9.17, 15) is 22.8 Å². The van der Waals surface area contributed by atoms with E-state index >= 15 is 0 Å². The number of aromatic nitrogens is 2. The van der Waals surface area contributed by atoms with Crippen molar-refractivity contribution < 1.29 is 22.8 Å². The van der Waals surface area contributed by atoms with E-state index in [-0.39, 0.29) is 28.9 Å². The molecule has 11 heteroatoms. The molecular formula is C24H22F3N5O2S. The van der Waals surface area contributed by atoms with Crippen molar-refractivity contribution in [1.82, 2.24) is 14.9 Å². The lowest BCUT2D eigenvalue weighted by Crippen LogP contribution is -2.43. The third-order valence-corrected chi connectivity index (χ3v) is 6.36. The maximum atomic E-state index is 13.3. The third-order valence-electron chi connectivity index (χ3n) is 5.62. The summed E-state index contributed by atoms with van der Waals surface area (Å²) in [5.41, 5.74) is -2.84. The predicted molar refractivity (Wildman–Crippen MR) is 127 cm³/mol. The van der Waals surface area contributed by atoms with E-state index in [4.69, 9.17) is 0 Å². The fourth-order valence-corrected chi connectivity index (χ4v) is 4.22. The molecule has 0 radical (unpaired) electrons. The van der Waals surface area contributed by atoms with E-state index < -0.39 is 23.0 Å². The zero-order valence-electron chi connectivity index (χ0n) is 19.1. The van der Waals surface area contributed by atoms with Gasteiger partial charge in [-0.25, -0.2) is 14.7 Å². The van der Waals surface area contributed by atoms with Crippen molar-refractivity contribution in [2.75, 3.05) is 10.2 Å². The Labute approximate surface area is 204 Å². The van der Waals surface area contributed by atoms with Crippen LogP contribution in [0.5, 0.6) is 0 Å². The molecule has 0 unspecified atom stereocenters. The molecule has 2 aromatic heterocycles. The summed E-state index contributed by atoms with van der Waals surface area (Å²) < 4.78 is 37.9. The number of nitrogens with one attached hydrogen (secondary N) is 1. The van der Waals surface area contributed by atoms with E-state index in [1.165, 1.54) is 29.2 Å². The summed E-state index contributed by atoms with van der Waals surface area (Å²) in [6.45, 7) is 5.36. The fraction of sp³-hybridized carbons (Fsp3) is 0.250. The largest absolute Gasteiger partial charge is 0.446 e. The summed E-state index contributed by atoms with van der Waals surface area (Å²) in [6, 6.07) is 10.0. The Morgan fingerprint density at radius 2 is 1.77 bits per heavy atom. The number of carbonyl (C=O) groups excluding carboxylic acids is 2. The third kappa shape index (κ3) is 5.24. The highest BCUT2D eigenvalue weighted by molar-refractivity contribution is 8.00. The van der Waals surface area contributed by atoms with Crippen molar-refractivity contribution in [3.63, 3.8) is 0 Å². The molecule has 3 heterocycles. The molecule has 7 nitrogen and oxygen atoms in total. The molecule has 35 heavy (non-hydrogen) atoms. The number of carbonyl (C=O) groups is 2. The highest BCUT2D eigenvalue weighted by Crippen LogP contribution is 2.39. The monoisotopic (exact) mass is 501 g/mol. The van der Waals surface area contributed by atoms with Gasteiger partial charge in [0, 0.05) is 23.8 Å². The topological polar surface area (TPSA) is 78.4 Å². The molecule has 1 aromatic carbocycles. The minimum atomic E-state index is -4.42. The number of benzene rings is 1. The van der Waals surface area contributed by atoms with Crippen molar-refractivity contribution in [3.8, 4) is 0 Å². The predicted octanol–water partition coefficient (Wildman–Crippen LogP) is 5.89. The van der Waals surface area contributed by atoms with Gasteiger partial charge in [-0.15, -0.1) is 0 Å². The first-order valence-corrected chi connectivity index (χ1v) is 11.4. The number of thioether (sulfide) groups is 1. The summed E-state index contributed by atoms with van der Waals surface area (Å²) in [5, 5.41) is 3.20. The van der Waals surface area contributed by atoms with Gasteiger partial charge in [0.05, 0.1) is 17.6 Å². The lowest BCUT2D eigenvalue weighted by molar-refractivity contribution is -0.123. The maximum Gasteiger partial charge on any atom is 0.446 e. The molecule has 0 aliphatic carbocycles. The average molecular weight is 502 g/mol. The molecule has 182 valence electrons. The maximum absolute atomic E-state index is 13.3. The van der Waals surface area contributed by atoms with Crippen LogP contribution in [0.25, 0.3) is 0 Å². The van der Waals surface area contributed by atoms with Gasteiger partial charge in [-0.2, -0.15) is 13.2 Å². The van der Waals surface area contributed by atoms with Crippen molar-refractivity contribution in [3.05, 3.63) is 72.2 Å². The summed E-state index contributed by atoms with van der Waals surface area (Å²) in [6.07, 6.45) is 4.98. The number of alkyl halides is 3. The van der Waals surface area contributed by atoms with Crippen molar-refractivity contribution >= 4 is 40.9 Å². The molecule has 0 saturated carbocycles. The number of rotatable bonds is 6. The summed E-state index contributed by atoms with van der Waals surface area (Å²) in [4.78, 5) is 37.2. The number of aryl methyl sites for hydroxylation is 1.